The number of carbonyl (C=O) groups excluding carboxylic acids is 1. The predicted molar refractivity (Wildman–Crippen MR) is 97.9 cm³/mol. The molecule has 0 saturated heterocycles. The lowest BCUT2D eigenvalue weighted by molar-refractivity contribution is -0.136. The Labute approximate surface area is 167 Å². The molecule has 0 fully saturated rings. The fourth-order valence-electron chi connectivity index (χ4n) is 2.76. The standard InChI is InChI=1S/C21H13F5N2O2/c22-15-14(16(23)18(25)19(26)17(15)24)11-27-28-20(29)21(30,12-7-3-1-4-8-12)13-9-5-2-6-10-13/h1-11,30H,(H,28,29)/b27-11-. The van der Waals surface area contributed by atoms with Crippen molar-refractivity contribution in [3.8, 4) is 0 Å². The van der Waals surface area contributed by atoms with Gasteiger partial charge in [0.05, 0.1) is 11.8 Å². The minimum Gasteiger partial charge on any atom is -0.372 e. The van der Waals surface area contributed by atoms with Gasteiger partial charge in [-0.2, -0.15) is 5.10 Å². The summed E-state index contributed by atoms with van der Waals surface area (Å²) in [5.41, 5.74) is -1.36. The zero-order chi connectivity index (χ0) is 21.9. The van der Waals surface area contributed by atoms with Gasteiger partial charge in [0.25, 0.3) is 5.91 Å². The van der Waals surface area contributed by atoms with Crippen LogP contribution in [-0.4, -0.2) is 17.2 Å². The van der Waals surface area contributed by atoms with Crippen LogP contribution in [0.3, 0.4) is 0 Å². The number of nitrogens with zero attached hydrogens (tertiary/aromatic N) is 1. The highest BCUT2D eigenvalue weighted by Crippen LogP contribution is 2.30. The molecule has 2 N–H and O–H groups in total. The quantitative estimate of drug-likeness (QED) is 0.217. The van der Waals surface area contributed by atoms with E-state index in [1.165, 1.54) is 24.3 Å². The average molecular weight is 420 g/mol. The van der Waals surface area contributed by atoms with Gasteiger partial charge in [-0.15, -0.1) is 0 Å². The molecule has 154 valence electrons. The lowest BCUT2D eigenvalue weighted by atomic mass is 9.85. The fourth-order valence-corrected chi connectivity index (χ4v) is 2.76. The van der Waals surface area contributed by atoms with Crippen LogP contribution in [0.15, 0.2) is 65.8 Å². The first-order valence-corrected chi connectivity index (χ1v) is 8.46. The molecule has 0 radical (unpaired) electrons. The summed E-state index contributed by atoms with van der Waals surface area (Å²) in [7, 11) is 0. The van der Waals surface area contributed by atoms with Crippen molar-refractivity contribution in [2.24, 2.45) is 5.10 Å². The van der Waals surface area contributed by atoms with Gasteiger partial charge in [-0.25, -0.2) is 27.4 Å². The average Bonchev–Trinajstić information content (AvgIpc) is 2.79. The molecule has 0 unspecified atom stereocenters. The summed E-state index contributed by atoms with van der Waals surface area (Å²) in [5, 5.41) is 14.4. The molecule has 0 atom stereocenters. The molecule has 30 heavy (non-hydrogen) atoms. The third-order valence-electron chi connectivity index (χ3n) is 4.32. The third-order valence-corrected chi connectivity index (χ3v) is 4.32. The number of rotatable bonds is 5. The number of hydrogen-bond acceptors (Lipinski definition) is 3. The number of hydrogen-bond donors (Lipinski definition) is 2. The molecule has 0 aliphatic carbocycles. The van der Waals surface area contributed by atoms with Crippen LogP contribution < -0.4 is 5.43 Å². The number of benzene rings is 3. The smallest absolute Gasteiger partial charge is 0.281 e. The van der Waals surface area contributed by atoms with Gasteiger partial charge in [0, 0.05) is 0 Å². The fraction of sp³-hybridized carbons (Fsp3) is 0.0476. The molecule has 0 saturated carbocycles. The van der Waals surface area contributed by atoms with E-state index in [4.69, 9.17) is 0 Å². The third kappa shape index (κ3) is 3.67. The summed E-state index contributed by atoms with van der Waals surface area (Å²) in [6, 6.07) is 15.5. The van der Waals surface area contributed by atoms with Crippen LogP contribution in [0.5, 0.6) is 0 Å². The van der Waals surface area contributed by atoms with Crippen LogP contribution in [0.25, 0.3) is 0 Å². The first-order chi connectivity index (χ1) is 14.3. The Morgan fingerprint density at radius 2 is 1.17 bits per heavy atom. The minimum absolute atomic E-state index is 0.167. The SMILES string of the molecule is O=C(N/N=C\c1c(F)c(F)c(F)c(F)c1F)C(O)(c1ccccc1)c1ccccc1. The highest BCUT2D eigenvalue weighted by atomic mass is 19.2. The van der Waals surface area contributed by atoms with Crippen LogP contribution in [0.4, 0.5) is 22.0 Å². The molecular formula is C21H13F5N2O2. The molecular weight excluding hydrogens is 407 g/mol. The molecule has 3 aromatic rings. The number of nitrogens with one attached hydrogen (secondary N) is 1. The molecule has 9 heteroatoms. The monoisotopic (exact) mass is 420 g/mol. The Hall–Kier alpha value is -3.59. The van der Waals surface area contributed by atoms with Crippen LogP contribution in [-0.2, 0) is 10.4 Å². The van der Waals surface area contributed by atoms with E-state index in [1.807, 2.05) is 5.43 Å². The molecule has 0 spiro atoms. The van der Waals surface area contributed by atoms with Crippen molar-refractivity contribution in [3.05, 3.63) is 106 Å². The van der Waals surface area contributed by atoms with Gasteiger partial charge in [0.2, 0.25) is 5.82 Å². The van der Waals surface area contributed by atoms with Crippen molar-refractivity contribution < 1.29 is 31.9 Å². The number of halogens is 5. The van der Waals surface area contributed by atoms with E-state index in [-0.39, 0.29) is 17.3 Å². The van der Waals surface area contributed by atoms with E-state index in [0.717, 1.165) is 0 Å². The normalized spacial score (nSPS) is 11.7. The maximum Gasteiger partial charge on any atom is 0.281 e. The van der Waals surface area contributed by atoms with E-state index in [1.54, 1.807) is 36.4 Å². The molecule has 0 aromatic heterocycles. The number of hydrazone groups is 1. The predicted octanol–water partition coefficient (Wildman–Crippen LogP) is 3.77. The molecule has 4 nitrogen and oxygen atoms in total. The molecule has 3 aromatic carbocycles. The summed E-state index contributed by atoms with van der Waals surface area (Å²) < 4.78 is 67.1. The summed E-state index contributed by atoms with van der Waals surface area (Å²) >= 11 is 0. The molecule has 3 rings (SSSR count). The lowest BCUT2D eigenvalue weighted by Gasteiger charge is -2.27. The summed E-state index contributed by atoms with van der Waals surface area (Å²) in [5.74, 6) is -11.9. The molecule has 0 heterocycles. The highest BCUT2D eigenvalue weighted by molar-refractivity contribution is 5.91. The van der Waals surface area contributed by atoms with Gasteiger partial charge in [0.15, 0.2) is 28.9 Å². The Bertz CT molecular complexity index is 1040. The highest BCUT2D eigenvalue weighted by Gasteiger charge is 2.40. The second-order valence-corrected chi connectivity index (χ2v) is 6.13. The molecule has 0 aliphatic rings. The van der Waals surface area contributed by atoms with Crippen molar-refractivity contribution in [1.82, 2.24) is 5.43 Å². The van der Waals surface area contributed by atoms with Crippen LogP contribution in [0.2, 0.25) is 0 Å². The molecule has 0 bridgehead atoms. The Kier molecular flexibility index (Phi) is 5.93. The van der Waals surface area contributed by atoms with Gasteiger partial charge in [-0.05, 0) is 11.1 Å². The summed E-state index contributed by atoms with van der Waals surface area (Å²) in [6.45, 7) is 0. The summed E-state index contributed by atoms with van der Waals surface area (Å²) in [6.07, 6.45) is 0.268. The topological polar surface area (TPSA) is 61.7 Å². The molecule has 0 aliphatic heterocycles. The first-order valence-electron chi connectivity index (χ1n) is 8.46. The number of carbonyl (C=O) groups is 1. The molecule has 1 amide bonds. The van der Waals surface area contributed by atoms with E-state index in [0.29, 0.717) is 0 Å². The van der Waals surface area contributed by atoms with Gasteiger partial charge >= 0.3 is 0 Å². The van der Waals surface area contributed by atoms with Crippen molar-refractivity contribution in [1.29, 1.82) is 0 Å². The zero-order valence-electron chi connectivity index (χ0n) is 15.0. The van der Waals surface area contributed by atoms with Gasteiger partial charge in [-0.1, -0.05) is 60.7 Å². The second-order valence-electron chi connectivity index (χ2n) is 6.13. The van der Waals surface area contributed by atoms with Crippen molar-refractivity contribution >= 4 is 12.1 Å². The van der Waals surface area contributed by atoms with Crippen molar-refractivity contribution in [2.45, 2.75) is 5.60 Å². The Balaban J connectivity index is 1.96. The zero-order valence-corrected chi connectivity index (χ0v) is 15.0. The minimum atomic E-state index is -2.31. The van der Waals surface area contributed by atoms with E-state index < -0.39 is 46.2 Å². The summed E-state index contributed by atoms with van der Waals surface area (Å²) in [4.78, 5) is 12.7. The Morgan fingerprint density at radius 3 is 1.60 bits per heavy atom. The van der Waals surface area contributed by atoms with Gasteiger partial charge < -0.3 is 5.11 Å². The van der Waals surface area contributed by atoms with E-state index in [9.17, 15) is 31.9 Å². The van der Waals surface area contributed by atoms with Gasteiger partial charge in [0.1, 0.15) is 0 Å². The van der Waals surface area contributed by atoms with E-state index in [2.05, 4.69) is 5.10 Å². The Morgan fingerprint density at radius 1 is 0.767 bits per heavy atom. The number of aliphatic hydroxyl groups is 1. The largest absolute Gasteiger partial charge is 0.372 e. The van der Waals surface area contributed by atoms with Gasteiger partial charge in [-0.3, -0.25) is 4.79 Å². The second kappa shape index (κ2) is 8.42. The first kappa shape index (κ1) is 21.1. The van der Waals surface area contributed by atoms with E-state index >= 15 is 0 Å². The maximum absolute atomic E-state index is 13.7. The van der Waals surface area contributed by atoms with Crippen LogP contribution >= 0.6 is 0 Å². The van der Waals surface area contributed by atoms with Crippen LogP contribution in [0.1, 0.15) is 16.7 Å². The van der Waals surface area contributed by atoms with Crippen molar-refractivity contribution in [2.75, 3.05) is 0 Å². The number of amides is 1. The lowest BCUT2D eigenvalue weighted by Crippen LogP contribution is -2.43. The van der Waals surface area contributed by atoms with Crippen molar-refractivity contribution in [3.63, 3.8) is 0 Å². The maximum atomic E-state index is 13.7. The van der Waals surface area contributed by atoms with Crippen LogP contribution in [0, 0.1) is 29.1 Å².